The van der Waals surface area contributed by atoms with Crippen LogP contribution in [-0.2, 0) is 0 Å². The number of hydrogen-bond acceptors (Lipinski definition) is 8. The number of benzene rings is 4. The van der Waals surface area contributed by atoms with Crippen LogP contribution in [0.4, 0.5) is 0 Å². The number of phenols is 6. The molecule has 0 fully saturated rings. The second kappa shape index (κ2) is 10.6. The first-order valence-corrected chi connectivity index (χ1v) is 12.2. The Balaban J connectivity index is 0.00000420. The number of phenolic OH excluding ortho intramolecular Hbond substituents is 6. The minimum atomic E-state index is -0.661. The maximum atomic E-state index is 12.0. The second-order valence-corrected chi connectivity index (χ2v) is 10.3. The van der Waals surface area contributed by atoms with Gasteiger partial charge in [-0.05, 0) is 47.6 Å². The van der Waals surface area contributed by atoms with E-state index in [0.29, 0.717) is 45.6 Å². The summed E-state index contributed by atoms with van der Waals surface area (Å²) in [6, 6.07) is 3.31. The van der Waals surface area contributed by atoms with Crippen molar-refractivity contribution in [3.05, 3.63) is 45.5 Å². The molecule has 0 aliphatic rings. The average molecular weight is 543 g/mol. The van der Waals surface area contributed by atoms with E-state index in [9.17, 15) is 40.2 Å². The monoisotopic (exact) mass is 542 g/mol. The van der Waals surface area contributed by atoms with Crippen molar-refractivity contribution in [3.63, 3.8) is 0 Å². The summed E-state index contributed by atoms with van der Waals surface area (Å²) in [5, 5.41) is 66.4. The summed E-state index contributed by atoms with van der Waals surface area (Å²) in [6.07, 6.45) is 0.682. The van der Waals surface area contributed by atoms with Crippen molar-refractivity contribution < 1.29 is 40.2 Å². The average Bonchev–Trinajstić information content (AvgIpc) is 2.83. The van der Waals surface area contributed by atoms with E-state index in [0.717, 1.165) is 0 Å². The Morgan fingerprint density at radius 2 is 0.872 bits per heavy atom. The van der Waals surface area contributed by atoms with Crippen LogP contribution in [0.3, 0.4) is 0 Å². The molecule has 0 aliphatic carbocycles. The Hall–Kier alpha value is -3.46. The van der Waals surface area contributed by atoms with E-state index in [1.165, 1.54) is 0 Å². The van der Waals surface area contributed by atoms with E-state index in [2.05, 4.69) is 0 Å². The van der Waals surface area contributed by atoms with Gasteiger partial charge < -0.3 is 30.6 Å². The Morgan fingerprint density at radius 1 is 0.564 bits per heavy atom. The fourth-order valence-electron chi connectivity index (χ4n) is 5.60. The van der Waals surface area contributed by atoms with Crippen molar-refractivity contribution in [1.82, 2.24) is 0 Å². The topological polar surface area (TPSA) is 156 Å². The first-order valence-electron chi connectivity index (χ1n) is 12.2. The van der Waals surface area contributed by atoms with Gasteiger partial charge in [0.05, 0.1) is 11.1 Å². The molecule has 4 aromatic rings. The van der Waals surface area contributed by atoms with E-state index in [4.69, 9.17) is 0 Å². The molecule has 0 heterocycles. The zero-order valence-electron chi connectivity index (χ0n) is 22.0. The summed E-state index contributed by atoms with van der Waals surface area (Å²) in [5.41, 5.74) is 1.33. The number of aromatic hydroxyl groups is 6. The summed E-state index contributed by atoms with van der Waals surface area (Å²) >= 11 is 0. The number of aldehydes is 2. The third-order valence-electron chi connectivity index (χ3n) is 7.22. The maximum absolute atomic E-state index is 12.0. The predicted octanol–water partition coefficient (Wildman–Crippen LogP) is 5.73. The van der Waals surface area contributed by atoms with E-state index in [-0.39, 0.29) is 74.4 Å². The summed E-state index contributed by atoms with van der Waals surface area (Å²) in [6.45, 7) is 10.5. The summed E-state index contributed by atoms with van der Waals surface area (Å²) < 4.78 is 0. The summed E-state index contributed by atoms with van der Waals surface area (Å²) in [7, 11) is 0. The molecule has 0 saturated carbocycles. The van der Waals surface area contributed by atoms with Gasteiger partial charge in [0.2, 0.25) is 0 Å². The molecule has 0 bridgehead atoms. The zero-order chi connectivity index (χ0) is 28.4. The molecule has 8 nitrogen and oxygen atoms in total. The quantitative estimate of drug-likeness (QED) is 0.106. The van der Waals surface area contributed by atoms with Crippen LogP contribution >= 0.6 is 0 Å². The van der Waals surface area contributed by atoms with Crippen LogP contribution in [-0.4, -0.2) is 72.8 Å². The van der Waals surface area contributed by atoms with Crippen molar-refractivity contribution in [3.8, 4) is 45.6 Å². The van der Waals surface area contributed by atoms with Gasteiger partial charge in [-0.15, -0.1) is 0 Å². The van der Waals surface area contributed by atoms with E-state index < -0.39 is 34.5 Å². The molecule has 0 amide bonds. The molecule has 200 valence electrons. The SMILES string of the molecule is Cc1cc2c(C(C)C)c(O)c(O)c(C=O)c2c(O)c1-c1c(C)cc2c(C(C)C)c(O)c(O)c(C=O)c2c1O.[NaH]. The van der Waals surface area contributed by atoms with Crippen LogP contribution in [0.1, 0.15) is 82.5 Å². The third-order valence-corrected chi connectivity index (χ3v) is 7.22. The number of aryl methyl sites for hydroxylation is 2. The zero-order valence-corrected chi connectivity index (χ0v) is 22.0. The van der Waals surface area contributed by atoms with Crippen molar-refractivity contribution >= 4 is 63.7 Å². The number of rotatable bonds is 5. The van der Waals surface area contributed by atoms with Gasteiger partial charge in [-0.3, -0.25) is 9.59 Å². The molecular formula is C30H31NaO8. The molecule has 0 saturated heterocycles. The first-order chi connectivity index (χ1) is 17.8. The van der Waals surface area contributed by atoms with Crippen LogP contribution in [0.15, 0.2) is 12.1 Å². The Labute approximate surface area is 247 Å². The number of carbonyl (C=O) groups is 2. The molecular weight excluding hydrogens is 511 g/mol. The Kier molecular flexibility index (Phi) is 8.18. The molecule has 9 heteroatoms. The fourth-order valence-corrected chi connectivity index (χ4v) is 5.60. The van der Waals surface area contributed by atoms with Gasteiger partial charge in [0, 0.05) is 33.0 Å². The second-order valence-electron chi connectivity index (χ2n) is 10.3. The summed E-state index contributed by atoms with van der Waals surface area (Å²) in [4.78, 5) is 24.0. The van der Waals surface area contributed by atoms with Gasteiger partial charge in [-0.1, -0.05) is 39.8 Å². The van der Waals surface area contributed by atoms with Crippen molar-refractivity contribution in [1.29, 1.82) is 0 Å². The van der Waals surface area contributed by atoms with Crippen molar-refractivity contribution in [2.45, 2.75) is 53.4 Å². The van der Waals surface area contributed by atoms with Gasteiger partial charge in [-0.2, -0.15) is 0 Å². The van der Waals surface area contributed by atoms with E-state index in [1.54, 1.807) is 53.7 Å². The van der Waals surface area contributed by atoms with Crippen LogP contribution < -0.4 is 0 Å². The van der Waals surface area contributed by atoms with Gasteiger partial charge >= 0.3 is 29.6 Å². The van der Waals surface area contributed by atoms with Crippen LogP contribution in [0, 0.1) is 13.8 Å². The molecule has 0 aliphatic heterocycles. The number of carbonyl (C=O) groups excluding carboxylic acids is 2. The molecule has 4 aromatic carbocycles. The first kappa shape index (κ1) is 30.1. The van der Waals surface area contributed by atoms with Crippen LogP contribution in [0.5, 0.6) is 34.5 Å². The fraction of sp³-hybridized carbons (Fsp3) is 0.267. The molecule has 39 heavy (non-hydrogen) atoms. The van der Waals surface area contributed by atoms with Gasteiger partial charge in [0.1, 0.15) is 11.5 Å². The standard InChI is InChI=1S/C30H30O8.Na.H/c1-11(2)19-15-7-13(5)21(27(35)23(15)17(9-31)25(33)29(19)37)22-14(6)8-16-20(12(3)4)30(38)26(34)18(10-32)24(16)28(22)36;;/h7-12,33-38H,1-6H3;;. The van der Waals surface area contributed by atoms with Gasteiger partial charge in [-0.25, -0.2) is 0 Å². The molecule has 6 N–H and O–H groups in total. The molecule has 0 spiro atoms. The Morgan fingerprint density at radius 3 is 1.13 bits per heavy atom. The molecule has 0 atom stereocenters. The van der Waals surface area contributed by atoms with Gasteiger partial charge in [0.15, 0.2) is 35.6 Å². The van der Waals surface area contributed by atoms with Crippen LogP contribution in [0.25, 0.3) is 32.7 Å². The molecule has 0 unspecified atom stereocenters. The normalized spacial score (nSPS) is 11.4. The number of fused-ring (bicyclic) bond motifs is 2. The molecule has 0 radical (unpaired) electrons. The van der Waals surface area contributed by atoms with Crippen LogP contribution in [0.2, 0.25) is 0 Å². The predicted molar refractivity (Wildman–Crippen MR) is 152 cm³/mol. The minimum absolute atomic E-state index is 0. The van der Waals surface area contributed by atoms with Crippen molar-refractivity contribution in [2.75, 3.05) is 0 Å². The Bertz CT molecular complexity index is 1560. The van der Waals surface area contributed by atoms with E-state index >= 15 is 0 Å². The summed E-state index contributed by atoms with van der Waals surface area (Å²) in [5.74, 6) is -3.57. The number of hydrogen-bond donors (Lipinski definition) is 6. The molecule has 4 rings (SSSR count). The van der Waals surface area contributed by atoms with E-state index in [1.807, 2.05) is 0 Å². The third kappa shape index (κ3) is 4.27. The van der Waals surface area contributed by atoms with Gasteiger partial charge in [0.25, 0.3) is 0 Å². The van der Waals surface area contributed by atoms with Crippen molar-refractivity contribution in [2.24, 2.45) is 0 Å². The molecule has 0 aromatic heterocycles.